The van der Waals surface area contributed by atoms with Gasteiger partial charge in [-0.1, -0.05) is 12.1 Å². The van der Waals surface area contributed by atoms with Crippen molar-refractivity contribution in [3.05, 3.63) is 70.0 Å². The average molecular weight is 439 g/mol. The summed E-state index contributed by atoms with van der Waals surface area (Å²) in [6.07, 6.45) is 1.50. The number of ketones is 1. The van der Waals surface area contributed by atoms with Crippen LogP contribution in [0.5, 0.6) is 5.75 Å². The maximum atomic E-state index is 13.6. The molecule has 1 N–H and O–H groups in total. The first-order valence-corrected chi connectivity index (χ1v) is 10.6. The van der Waals surface area contributed by atoms with Gasteiger partial charge in [0.2, 0.25) is 0 Å². The lowest BCUT2D eigenvalue weighted by molar-refractivity contribution is -0.140. The van der Waals surface area contributed by atoms with Gasteiger partial charge in [-0.25, -0.2) is 4.39 Å². The van der Waals surface area contributed by atoms with Crippen molar-refractivity contribution in [3.8, 4) is 5.75 Å². The lowest BCUT2D eigenvalue weighted by Crippen LogP contribution is -2.36. The zero-order valence-corrected chi connectivity index (χ0v) is 18.4. The van der Waals surface area contributed by atoms with Gasteiger partial charge in [-0.15, -0.1) is 0 Å². The fraction of sp³-hybridized carbons (Fsp3) is 0.360. The van der Waals surface area contributed by atoms with E-state index in [2.05, 4.69) is 0 Å². The van der Waals surface area contributed by atoms with Gasteiger partial charge in [0.05, 0.1) is 24.8 Å². The molecule has 2 fully saturated rings. The van der Waals surface area contributed by atoms with Crippen molar-refractivity contribution in [1.82, 2.24) is 4.90 Å². The monoisotopic (exact) mass is 439 g/mol. The Balaban J connectivity index is 1.86. The number of hydrogen-bond donors (Lipinski definition) is 1. The highest BCUT2D eigenvalue weighted by atomic mass is 19.1. The predicted molar refractivity (Wildman–Crippen MR) is 117 cm³/mol. The number of aliphatic hydroxyl groups excluding tert-OH is 1. The van der Waals surface area contributed by atoms with Gasteiger partial charge >= 0.3 is 0 Å². The molecule has 2 saturated heterocycles. The van der Waals surface area contributed by atoms with Crippen LogP contribution in [-0.4, -0.2) is 48.1 Å². The van der Waals surface area contributed by atoms with Crippen molar-refractivity contribution >= 4 is 17.4 Å². The Morgan fingerprint density at radius 2 is 1.91 bits per heavy atom. The number of likely N-dealkylation sites (tertiary alicyclic amines) is 1. The number of amides is 1. The number of benzene rings is 2. The van der Waals surface area contributed by atoms with Gasteiger partial charge in [-0.2, -0.15) is 0 Å². The third-order valence-electron chi connectivity index (χ3n) is 6.15. The third kappa shape index (κ3) is 3.88. The Hall–Kier alpha value is -3.19. The zero-order valence-electron chi connectivity index (χ0n) is 18.4. The molecular formula is C25H26FNO5. The van der Waals surface area contributed by atoms with E-state index in [1.165, 1.54) is 29.2 Å². The van der Waals surface area contributed by atoms with E-state index in [-0.39, 0.29) is 24.0 Å². The van der Waals surface area contributed by atoms with Crippen LogP contribution in [0.25, 0.3) is 5.76 Å². The molecule has 2 aromatic rings. The molecule has 0 saturated carbocycles. The van der Waals surface area contributed by atoms with Crippen LogP contribution in [0.4, 0.5) is 4.39 Å². The molecule has 1 amide bonds. The molecular weight excluding hydrogens is 413 g/mol. The van der Waals surface area contributed by atoms with E-state index in [4.69, 9.17) is 9.47 Å². The molecule has 0 aliphatic carbocycles. The molecule has 32 heavy (non-hydrogen) atoms. The van der Waals surface area contributed by atoms with Crippen LogP contribution in [0, 0.1) is 19.7 Å². The normalized spacial score (nSPS) is 22.6. The zero-order chi connectivity index (χ0) is 23.0. The number of carbonyl (C=O) groups is 2. The number of halogens is 1. The van der Waals surface area contributed by atoms with Crippen molar-refractivity contribution in [2.75, 3.05) is 20.3 Å². The molecule has 2 aliphatic heterocycles. The molecule has 168 valence electrons. The number of Topliss-reactive ketones (excluding diaryl/α,β-unsaturated/α-hetero) is 1. The summed E-state index contributed by atoms with van der Waals surface area (Å²) >= 11 is 0. The Kier molecular flexibility index (Phi) is 6.02. The average Bonchev–Trinajstić information content (AvgIpc) is 3.37. The SMILES string of the molecule is COc1cc(C)c(/C(O)=C2\C(=O)C(=O)N(CC3CCCO3)C2c2ccc(F)cc2)cc1C. The fourth-order valence-corrected chi connectivity index (χ4v) is 4.48. The molecule has 0 spiro atoms. The van der Waals surface area contributed by atoms with Crippen LogP contribution in [0.1, 0.15) is 41.1 Å². The predicted octanol–water partition coefficient (Wildman–Crippen LogP) is 4.05. The summed E-state index contributed by atoms with van der Waals surface area (Å²) in [6.45, 7) is 4.47. The summed E-state index contributed by atoms with van der Waals surface area (Å²) in [6, 6.07) is 8.32. The van der Waals surface area contributed by atoms with E-state index in [0.717, 1.165) is 18.4 Å². The second kappa shape index (κ2) is 8.74. The number of rotatable bonds is 5. The first-order chi connectivity index (χ1) is 15.3. The van der Waals surface area contributed by atoms with Gasteiger partial charge in [0.15, 0.2) is 0 Å². The molecule has 2 aliphatic rings. The third-order valence-corrected chi connectivity index (χ3v) is 6.15. The molecule has 2 unspecified atom stereocenters. The summed E-state index contributed by atoms with van der Waals surface area (Å²) in [4.78, 5) is 27.6. The van der Waals surface area contributed by atoms with Crippen molar-refractivity contribution in [1.29, 1.82) is 0 Å². The quantitative estimate of drug-likeness (QED) is 0.432. The Labute approximate surface area is 186 Å². The number of carbonyl (C=O) groups excluding carboxylic acids is 2. The number of ether oxygens (including phenoxy) is 2. The molecule has 2 atom stereocenters. The first kappa shape index (κ1) is 22.0. The van der Waals surface area contributed by atoms with E-state index in [9.17, 15) is 19.1 Å². The number of nitrogens with zero attached hydrogens (tertiary/aromatic N) is 1. The molecule has 6 nitrogen and oxygen atoms in total. The summed E-state index contributed by atoms with van der Waals surface area (Å²) in [5, 5.41) is 11.3. The smallest absolute Gasteiger partial charge is 0.295 e. The van der Waals surface area contributed by atoms with Crippen LogP contribution in [0.3, 0.4) is 0 Å². The molecule has 4 rings (SSSR count). The van der Waals surface area contributed by atoms with E-state index in [1.807, 2.05) is 6.92 Å². The second-order valence-electron chi connectivity index (χ2n) is 8.27. The van der Waals surface area contributed by atoms with Crippen molar-refractivity contribution in [2.24, 2.45) is 0 Å². The van der Waals surface area contributed by atoms with Gasteiger partial charge in [-0.3, -0.25) is 9.59 Å². The molecule has 0 aromatic heterocycles. The van der Waals surface area contributed by atoms with Gasteiger partial charge in [0.25, 0.3) is 11.7 Å². The van der Waals surface area contributed by atoms with Crippen LogP contribution < -0.4 is 4.74 Å². The number of aryl methyl sites for hydroxylation is 2. The van der Waals surface area contributed by atoms with Gasteiger partial charge in [0.1, 0.15) is 17.3 Å². The van der Waals surface area contributed by atoms with Crippen LogP contribution in [0.2, 0.25) is 0 Å². The molecule has 2 aromatic carbocycles. The number of hydrogen-bond acceptors (Lipinski definition) is 5. The highest BCUT2D eigenvalue weighted by molar-refractivity contribution is 6.46. The van der Waals surface area contributed by atoms with E-state index < -0.39 is 23.5 Å². The maximum absolute atomic E-state index is 13.6. The molecule has 7 heteroatoms. The van der Waals surface area contributed by atoms with E-state index in [1.54, 1.807) is 26.2 Å². The van der Waals surface area contributed by atoms with E-state index >= 15 is 0 Å². The second-order valence-corrected chi connectivity index (χ2v) is 8.27. The lowest BCUT2D eigenvalue weighted by atomic mass is 9.93. The first-order valence-electron chi connectivity index (χ1n) is 10.6. The standard InChI is InChI=1S/C25H26FNO5/c1-14-12-20(31-3)15(2)11-19(14)23(28)21-22(16-6-8-17(26)9-7-16)27(25(30)24(21)29)13-18-5-4-10-32-18/h6-9,11-12,18,22,28H,4-5,10,13H2,1-3H3/b23-21+. The molecule has 0 radical (unpaired) electrons. The van der Waals surface area contributed by atoms with Gasteiger partial charge in [-0.05, 0) is 67.6 Å². The van der Waals surface area contributed by atoms with Crippen molar-refractivity contribution < 1.29 is 28.6 Å². The maximum Gasteiger partial charge on any atom is 0.295 e. The van der Waals surface area contributed by atoms with Crippen molar-refractivity contribution in [2.45, 2.75) is 38.8 Å². The highest BCUT2D eigenvalue weighted by Crippen LogP contribution is 2.41. The van der Waals surface area contributed by atoms with Crippen LogP contribution in [-0.2, 0) is 14.3 Å². The Bertz CT molecular complexity index is 1090. The Morgan fingerprint density at radius 1 is 1.19 bits per heavy atom. The molecule has 2 heterocycles. The summed E-state index contributed by atoms with van der Waals surface area (Å²) < 4.78 is 24.6. The minimum Gasteiger partial charge on any atom is -0.507 e. The summed E-state index contributed by atoms with van der Waals surface area (Å²) in [5.74, 6) is -1.47. The van der Waals surface area contributed by atoms with Crippen LogP contribution >= 0.6 is 0 Å². The summed E-state index contributed by atoms with van der Waals surface area (Å²) in [7, 11) is 1.56. The van der Waals surface area contributed by atoms with Crippen LogP contribution in [0.15, 0.2) is 42.0 Å². The largest absolute Gasteiger partial charge is 0.507 e. The highest BCUT2D eigenvalue weighted by Gasteiger charge is 2.47. The minimum absolute atomic E-state index is 0.00716. The topological polar surface area (TPSA) is 76.1 Å². The molecule has 0 bridgehead atoms. The Morgan fingerprint density at radius 3 is 2.53 bits per heavy atom. The van der Waals surface area contributed by atoms with Gasteiger partial charge in [0, 0.05) is 18.7 Å². The number of aliphatic hydroxyl groups is 1. The number of methoxy groups -OCH3 is 1. The summed E-state index contributed by atoms with van der Waals surface area (Å²) in [5.41, 5.74) is 2.48. The fourth-order valence-electron chi connectivity index (χ4n) is 4.48. The lowest BCUT2D eigenvalue weighted by Gasteiger charge is -2.27. The minimum atomic E-state index is -0.832. The van der Waals surface area contributed by atoms with E-state index in [0.29, 0.717) is 29.0 Å². The van der Waals surface area contributed by atoms with Crippen molar-refractivity contribution in [3.63, 3.8) is 0 Å². The van der Waals surface area contributed by atoms with Gasteiger partial charge < -0.3 is 19.5 Å².